The van der Waals surface area contributed by atoms with Gasteiger partial charge in [-0.05, 0) is 54.8 Å². The van der Waals surface area contributed by atoms with Crippen molar-refractivity contribution >= 4 is 23.4 Å². The standard InChI is InChI=1S/C23H25ClN2O4/c24-18-7-4-16(5-8-18)23(28)25-11-10-22(27)26-12-1-3-19(26)17-6-9-20-21(15-17)30-14-2-13-29-20/h4-9,15,19H,1-3,10-14H2,(H,25,28)/t19-/m1/s1. The molecule has 2 amide bonds. The van der Waals surface area contributed by atoms with Gasteiger partial charge in [0.1, 0.15) is 0 Å². The summed E-state index contributed by atoms with van der Waals surface area (Å²) in [5.74, 6) is 1.35. The summed E-state index contributed by atoms with van der Waals surface area (Å²) in [6.07, 6.45) is 3.00. The lowest BCUT2D eigenvalue weighted by Gasteiger charge is -2.26. The van der Waals surface area contributed by atoms with Gasteiger partial charge in [0.2, 0.25) is 5.91 Å². The van der Waals surface area contributed by atoms with Crippen LogP contribution in [0.25, 0.3) is 0 Å². The lowest BCUT2D eigenvalue weighted by atomic mass is 10.0. The van der Waals surface area contributed by atoms with Gasteiger partial charge in [-0.15, -0.1) is 0 Å². The predicted molar refractivity (Wildman–Crippen MR) is 114 cm³/mol. The van der Waals surface area contributed by atoms with Gasteiger partial charge >= 0.3 is 0 Å². The molecule has 1 atom stereocenters. The van der Waals surface area contributed by atoms with Gasteiger partial charge in [0.25, 0.3) is 5.91 Å². The normalized spacial score (nSPS) is 18.0. The number of nitrogens with one attached hydrogen (secondary N) is 1. The van der Waals surface area contributed by atoms with Gasteiger partial charge in [0.05, 0.1) is 19.3 Å². The fourth-order valence-electron chi connectivity index (χ4n) is 3.93. The molecule has 2 aliphatic rings. The van der Waals surface area contributed by atoms with Gasteiger partial charge in [0.15, 0.2) is 11.5 Å². The molecule has 4 rings (SSSR count). The lowest BCUT2D eigenvalue weighted by molar-refractivity contribution is -0.132. The zero-order valence-electron chi connectivity index (χ0n) is 16.7. The number of carbonyl (C=O) groups is 2. The Morgan fingerprint density at radius 2 is 1.80 bits per heavy atom. The SMILES string of the molecule is O=C(NCCC(=O)N1CCC[C@@H]1c1ccc2c(c1)OCCCO2)c1ccc(Cl)cc1. The number of hydrogen-bond donors (Lipinski definition) is 1. The number of carbonyl (C=O) groups excluding carboxylic acids is 2. The largest absolute Gasteiger partial charge is 0.490 e. The fraction of sp³-hybridized carbons (Fsp3) is 0.391. The van der Waals surface area contributed by atoms with Gasteiger partial charge in [0, 0.05) is 36.5 Å². The second kappa shape index (κ2) is 9.39. The monoisotopic (exact) mass is 428 g/mol. The maximum absolute atomic E-state index is 12.8. The minimum Gasteiger partial charge on any atom is -0.490 e. The minimum atomic E-state index is -0.208. The van der Waals surface area contributed by atoms with Crippen LogP contribution in [0.4, 0.5) is 0 Å². The zero-order valence-corrected chi connectivity index (χ0v) is 17.5. The Labute approximate surface area is 181 Å². The summed E-state index contributed by atoms with van der Waals surface area (Å²) >= 11 is 5.85. The molecule has 158 valence electrons. The zero-order chi connectivity index (χ0) is 20.9. The van der Waals surface area contributed by atoms with Crippen LogP contribution in [0.15, 0.2) is 42.5 Å². The molecule has 2 heterocycles. The van der Waals surface area contributed by atoms with Gasteiger partial charge in [-0.25, -0.2) is 0 Å². The van der Waals surface area contributed by atoms with E-state index in [1.807, 2.05) is 23.1 Å². The summed E-state index contributed by atoms with van der Waals surface area (Å²) in [4.78, 5) is 27.0. The summed E-state index contributed by atoms with van der Waals surface area (Å²) in [5, 5.41) is 3.39. The van der Waals surface area contributed by atoms with Gasteiger partial charge in [-0.2, -0.15) is 0 Å². The summed E-state index contributed by atoms with van der Waals surface area (Å²) in [6.45, 7) is 2.31. The molecule has 0 spiro atoms. The quantitative estimate of drug-likeness (QED) is 0.782. The number of rotatable bonds is 5. The van der Waals surface area contributed by atoms with E-state index in [1.165, 1.54) is 0 Å². The van der Waals surface area contributed by atoms with Crippen LogP contribution in [0.5, 0.6) is 11.5 Å². The van der Waals surface area contributed by atoms with Crippen LogP contribution in [0, 0.1) is 0 Å². The molecule has 6 nitrogen and oxygen atoms in total. The van der Waals surface area contributed by atoms with E-state index in [1.54, 1.807) is 24.3 Å². The van der Waals surface area contributed by atoms with Crippen LogP contribution in [0.1, 0.15) is 47.6 Å². The molecular weight excluding hydrogens is 404 g/mol. The van der Waals surface area contributed by atoms with E-state index in [2.05, 4.69) is 5.32 Å². The van der Waals surface area contributed by atoms with Crippen molar-refractivity contribution in [2.45, 2.75) is 31.7 Å². The van der Waals surface area contributed by atoms with Crippen LogP contribution in [-0.2, 0) is 4.79 Å². The summed E-state index contributed by atoms with van der Waals surface area (Å²) < 4.78 is 11.5. The summed E-state index contributed by atoms with van der Waals surface area (Å²) in [6, 6.07) is 12.7. The lowest BCUT2D eigenvalue weighted by Crippen LogP contribution is -2.34. The smallest absolute Gasteiger partial charge is 0.251 e. The first-order valence-corrected chi connectivity index (χ1v) is 10.7. The van der Waals surface area contributed by atoms with E-state index in [9.17, 15) is 9.59 Å². The maximum Gasteiger partial charge on any atom is 0.251 e. The molecule has 0 aromatic heterocycles. The number of nitrogens with zero attached hydrogens (tertiary/aromatic N) is 1. The van der Waals surface area contributed by atoms with E-state index in [4.69, 9.17) is 21.1 Å². The van der Waals surface area contributed by atoms with Crippen molar-refractivity contribution in [2.75, 3.05) is 26.3 Å². The van der Waals surface area contributed by atoms with Crippen molar-refractivity contribution < 1.29 is 19.1 Å². The Balaban J connectivity index is 1.35. The van der Waals surface area contributed by atoms with E-state index < -0.39 is 0 Å². The van der Waals surface area contributed by atoms with Crippen molar-refractivity contribution in [2.24, 2.45) is 0 Å². The molecule has 2 aromatic carbocycles. The van der Waals surface area contributed by atoms with Crippen LogP contribution >= 0.6 is 11.6 Å². The molecule has 0 aliphatic carbocycles. The van der Waals surface area contributed by atoms with E-state index in [0.29, 0.717) is 30.3 Å². The number of amides is 2. The molecule has 0 radical (unpaired) electrons. The molecule has 0 saturated carbocycles. The second-order valence-electron chi connectivity index (χ2n) is 7.51. The molecule has 30 heavy (non-hydrogen) atoms. The third-order valence-electron chi connectivity index (χ3n) is 5.46. The first kappa shape index (κ1) is 20.5. The molecule has 2 aromatic rings. The Morgan fingerprint density at radius 1 is 1.03 bits per heavy atom. The van der Waals surface area contributed by atoms with Crippen molar-refractivity contribution in [1.82, 2.24) is 10.2 Å². The van der Waals surface area contributed by atoms with Crippen LogP contribution in [-0.4, -0.2) is 43.0 Å². The van der Waals surface area contributed by atoms with Gasteiger partial charge < -0.3 is 19.7 Å². The Bertz CT molecular complexity index is 916. The average Bonchev–Trinajstić information content (AvgIpc) is 3.13. The van der Waals surface area contributed by atoms with Gasteiger partial charge in [-0.1, -0.05) is 17.7 Å². The van der Waals surface area contributed by atoms with Crippen molar-refractivity contribution in [3.05, 3.63) is 58.6 Å². The second-order valence-corrected chi connectivity index (χ2v) is 7.95. The van der Waals surface area contributed by atoms with Gasteiger partial charge in [-0.3, -0.25) is 9.59 Å². The highest BCUT2D eigenvalue weighted by atomic mass is 35.5. The molecule has 1 N–H and O–H groups in total. The number of likely N-dealkylation sites (tertiary alicyclic amines) is 1. The molecule has 0 bridgehead atoms. The first-order chi connectivity index (χ1) is 14.6. The summed E-state index contributed by atoms with van der Waals surface area (Å²) in [7, 11) is 0. The maximum atomic E-state index is 12.8. The molecule has 7 heteroatoms. The molecule has 0 unspecified atom stereocenters. The van der Waals surface area contributed by atoms with Crippen molar-refractivity contribution in [3.63, 3.8) is 0 Å². The average molecular weight is 429 g/mol. The molecule has 2 aliphatic heterocycles. The highest BCUT2D eigenvalue weighted by Crippen LogP contribution is 2.38. The Morgan fingerprint density at radius 3 is 2.60 bits per heavy atom. The van der Waals surface area contributed by atoms with Crippen molar-refractivity contribution in [3.8, 4) is 11.5 Å². The highest BCUT2D eigenvalue weighted by Gasteiger charge is 2.30. The first-order valence-electron chi connectivity index (χ1n) is 10.3. The number of halogens is 1. The number of benzene rings is 2. The topological polar surface area (TPSA) is 67.9 Å². The number of ether oxygens (including phenoxy) is 2. The Hall–Kier alpha value is -2.73. The minimum absolute atomic E-state index is 0.0293. The van der Waals surface area contributed by atoms with E-state index in [0.717, 1.165) is 42.9 Å². The van der Waals surface area contributed by atoms with E-state index >= 15 is 0 Å². The molecule has 1 fully saturated rings. The highest BCUT2D eigenvalue weighted by molar-refractivity contribution is 6.30. The molecule has 1 saturated heterocycles. The third-order valence-corrected chi connectivity index (χ3v) is 5.71. The Kier molecular flexibility index (Phi) is 6.43. The van der Waals surface area contributed by atoms with E-state index in [-0.39, 0.29) is 24.3 Å². The molecular formula is C23H25ClN2O4. The predicted octanol–water partition coefficient (Wildman–Crippen LogP) is 3.98. The van der Waals surface area contributed by atoms with Crippen LogP contribution in [0.2, 0.25) is 5.02 Å². The fourth-order valence-corrected chi connectivity index (χ4v) is 4.05. The van der Waals surface area contributed by atoms with Crippen LogP contribution in [0.3, 0.4) is 0 Å². The number of hydrogen-bond acceptors (Lipinski definition) is 4. The van der Waals surface area contributed by atoms with Crippen LogP contribution < -0.4 is 14.8 Å². The number of fused-ring (bicyclic) bond motifs is 1. The van der Waals surface area contributed by atoms with Crippen molar-refractivity contribution in [1.29, 1.82) is 0 Å². The third kappa shape index (κ3) is 4.70. The summed E-state index contributed by atoms with van der Waals surface area (Å²) in [5.41, 5.74) is 1.59.